The molecule has 0 atom stereocenters. The molecular formula is C11H17BrN2O. The molecule has 4 heteroatoms. The van der Waals surface area contributed by atoms with Gasteiger partial charge in [-0.1, -0.05) is 15.9 Å². The summed E-state index contributed by atoms with van der Waals surface area (Å²) in [6.45, 7) is 4.92. The highest BCUT2D eigenvalue weighted by Crippen LogP contribution is 2.48. The molecule has 2 rings (SSSR count). The van der Waals surface area contributed by atoms with Crippen LogP contribution in [0.15, 0.2) is 17.2 Å². The fraction of sp³-hybridized carbons (Fsp3) is 0.727. The average molecular weight is 273 g/mol. The van der Waals surface area contributed by atoms with E-state index >= 15 is 0 Å². The van der Waals surface area contributed by atoms with Crippen molar-refractivity contribution in [2.24, 2.45) is 5.41 Å². The van der Waals surface area contributed by atoms with Gasteiger partial charge in [0.2, 0.25) is 0 Å². The van der Waals surface area contributed by atoms with Crippen LogP contribution in [0.5, 0.6) is 0 Å². The van der Waals surface area contributed by atoms with Crippen molar-refractivity contribution in [3.63, 3.8) is 0 Å². The molecule has 3 nitrogen and oxygen atoms in total. The van der Waals surface area contributed by atoms with E-state index in [-0.39, 0.29) is 11.7 Å². The van der Waals surface area contributed by atoms with Crippen molar-refractivity contribution in [2.75, 3.05) is 5.33 Å². The third-order valence-electron chi connectivity index (χ3n) is 3.18. The molecule has 1 saturated carbocycles. The quantitative estimate of drug-likeness (QED) is 0.774. The summed E-state index contributed by atoms with van der Waals surface area (Å²) >= 11 is 3.53. The second-order valence-electron chi connectivity index (χ2n) is 4.84. The Bertz CT molecular complexity index is 401. The molecule has 1 aromatic rings. The van der Waals surface area contributed by atoms with Crippen molar-refractivity contribution in [3.05, 3.63) is 22.9 Å². The zero-order chi connectivity index (χ0) is 11.1. The molecular weight excluding hydrogens is 256 g/mol. The topological polar surface area (TPSA) is 26.9 Å². The van der Waals surface area contributed by atoms with Crippen molar-refractivity contribution in [1.82, 2.24) is 9.13 Å². The van der Waals surface area contributed by atoms with Gasteiger partial charge in [0, 0.05) is 30.3 Å². The summed E-state index contributed by atoms with van der Waals surface area (Å²) in [4.78, 5) is 11.9. The van der Waals surface area contributed by atoms with Gasteiger partial charge in [-0.15, -0.1) is 0 Å². The molecule has 0 saturated heterocycles. The van der Waals surface area contributed by atoms with Crippen LogP contribution in [0, 0.1) is 5.41 Å². The fourth-order valence-electron chi connectivity index (χ4n) is 1.81. The number of hydrogen-bond donors (Lipinski definition) is 0. The molecule has 0 aliphatic heterocycles. The van der Waals surface area contributed by atoms with Crippen LogP contribution in [0.4, 0.5) is 0 Å². The molecule has 1 aliphatic carbocycles. The van der Waals surface area contributed by atoms with Gasteiger partial charge in [-0.3, -0.25) is 9.13 Å². The molecule has 0 bridgehead atoms. The van der Waals surface area contributed by atoms with E-state index in [0.717, 1.165) is 11.9 Å². The normalized spacial score (nSPS) is 18.4. The highest BCUT2D eigenvalue weighted by molar-refractivity contribution is 9.09. The van der Waals surface area contributed by atoms with E-state index in [4.69, 9.17) is 0 Å². The van der Waals surface area contributed by atoms with Crippen LogP contribution in [0.25, 0.3) is 0 Å². The van der Waals surface area contributed by atoms with Crippen molar-refractivity contribution >= 4 is 15.9 Å². The van der Waals surface area contributed by atoms with E-state index in [2.05, 4.69) is 15.9 Å². The van der Waals surface area contributed by atoms with E-state index in [1.54, 1.807) is 4.57 Å². The molecule has 0 unspecified atom stereocenters. The first-order chi connectivity index (χ1) is 7.08. The molecule has 0 aromatic carbocycles. The zero-order valence-corrected chi connectivity index (χ0v) is 10.8. The molecule has 1 aromatic heterocycles. The predicted octanol–water partition coefficient (Wildman–Crippen LogP) is 2.41. The largest absolute Gasteiger partial charge is 0.328 e. The molecule has 1 aliphatic rings. The maximum atomic E-state index is 11.9. The van der Waals surface area contributed by atoms with E-state index in [0.29, 0.717) is 5.41 Å². The van der Waals surface area contributed by atoms with Crippen LogP contribution >= 0.6 is 15.9 Å². The Morgan fingerprint density at radius 1 is 1.47 bits per heavy atom. The lowest BCUT2D eigenvalue weighted by Gasteiger charge is -2.11. The molecule has 0 radical (unpaired) electrons. The highest BCUT2D eigenvalue weighted by atomic mass is 79.9. The van der Waals surface area contributed by atoms with Gasteiger partial charge in [0.05, 0.1) is 0 Å². The summed E-state index contributed by atoms with van der Waals surface area (Å²) in [5, 5.41) is 0.999. The lowest BCUT2D eigenvalue weighted by molar-refractivity contribution is 0.452. The predicted molar refractivity (Wildman–Crippen MR) is 64.5 cm³/mol. The van der Waals surface area contributed by atoms with Crippen LogP contribution in [-0.2, 0) is 6.54 Å². The molecule has 84 valence electrons. The van der Waals surface area contributed by atoms with E-state index in [9.17, 15) is 4.79 Å². The lowest BCUT2D eigenvalue weighted by atomic mass is 10.1. The Morgan fingerprint density at radius 3 is 2.53 bits per heavy atom. The van der Waals surface area contributed by atoms with Crippen LogP contribution < -0.4 is 5.69 Å². The number of halogens is 1. The number of rotatable bonds is 4. The van der Waals surface area contributed by atoms with Crippen LogP contribution in [0.3, 0.4) is 0 Å². The Kier molecular flexibility index (Phi) is 2.79. The van der Waals surface area contributed by atoms with Crippen molar-refractivity contribution in [1.29, 1.82) is 0 Å². The molecule has 0 N–H and O–H groups in total. The standard InChI is InChI=1S/C11H17BrN2O/c1-9(2)14-6-5-13(10(14)15)8-11(7-12)3-4-11/h5-6,9H,3-4,7-8H2,1-2H3. The number of aromatic nitrogens is 2. The third kappa shape index (κ3) is 2.05. The van der Waals surface area contributed by atoms with Crippen LogP contribution in [0.1, 0.15) is 32.7 Å². The molecule has 1 fully saturated rings. The summed E-state index contributed by atoms with van der Waals surface area (Å²) in [6.07, 6.45) is 6.26. The summed E-state index contributed by atoms with van der Waals surface area (Å²) in [5.41, 5.74) is 0.477. The van der Waals surface area contributed by atoms with Crippen molar-refractivity contribution in [3.8, 4) is 0 Å². The van der Waals surface area contributed by atoms with Gasteiger partial charge >= 0.3 is 5.69 Å². The first kappa shape index (κ1) is 11.0. The second kappa shape index (κ2) is 3.81. The Hall–Kier alpha value is -0.510. The lowest BCUT2D eigenvalue weighted by Crippen LogP contribution is -2.28. The van der Waals surface area contributed by atoms with Crippen LogP contribution in [0.2, 0.25) is 0 Å². The Labute approximate surface area is 98.2 Å². The first-order valence-electron chi connectivity index (χ1n) is 5.41. The number of nitrogens with zero attached hydrogens (tertiary/aromatic N) is 2. The zero-order valence-electron chi connectivity index (χ0n) is 9.24. The first-order valence-corrected chi connectivity index (χ1v) is 6.53. The summed E-state index contributed by atoms with van der Waals surface area (Å²) in [7, 11) is 0. The number of imidazole rings is 1. The fourth-order valence-corrected chi connectivity index (χ4v) is 2.55. The minimum Gasteiger partial charge on any atom is -0.299 e. The van der Waals surface area contributed by atoms with Gasteiger partial charge in [0.15, 0.2) is 0 Å². The number of alkyl halides is 1. The smallest absolute Gasteiger partial charge is 0.299 e. The van der Waals surface area contributed by atoms with Gasteiger partial charge in [0.25, 0.3) is 0 Å². The minimum atomic E-state index is 0.122. The van der Waals surface area contributed by atoms with Gasteiger partial charge in [-0.25, -0.2) is 4.79 Å². The Morgan fingerprint density at radius 2 is 2.13 bits per heavy atom. The van der Waals surface area contributed by atoms with Gasteiger partial charge < -0.3 is 0 Å². The van der Waals surface area contributed by atoms with Crippen LogP contribution in [-0.4, -0.2) is 14.5 Å². The molecule has 0 spiro atoms. The molecule has 1 heterocycles. The van der Waals surface area contributed by atoms with E-state index in [1.807, 2.05) is 30.8 Å². The number of hydrogen-bond acceptors (Lipinski definition) is 1. The average Bonchev–Trinajstić information content (AvgIpc) is 2.87. The summed E-state index contributed by atoms with van der Waals surface area (Å²) in [6, 6.07) is 0.248. The third-order valence-corrected chi connectivity index (χ3v) is 4.37. The maximum Gasteiger partial charge on any atom is 0.328 e. The Balaban J connectivity index is 2.20. The maximum absolute atomic E-state index is 11.9. The van der Waals surface area contributed by atoms with Crippen molar-refractivity contribution in [2.45, 2.75) is 39.3 Å². The van der Waals surface area contributed by atoms with Crippen molar-refractivity contribution < 1.29 is 0 Å². The minimum absolute atomic E-state index is 0.122. The second-order valence-corrected chi connectivity index (χ2v) is 5.40. The summed E-state index contributed by atoms with van der Waals surface area (Å²) < 4.78 is 3.62. The van der Waals surface area contributed by atoms with Gasteiger partial charge in [-0.05, 0) is 32.1 Å². The monoisotopic (exact) mass is 272 g/mol. The van der Waals surface area contributed by atoms with E-state index < -0.39 is 0 Å². The summed E-state index contributed by atoms with van der Waals surface area (Å²) in [5.74, 6) is 0. The molecule has 15 heavy (non-hydrogen) atoms. The van der Waals surface area contributed by atoms with Gasteiger partial charge in [-0.2, -0.15) is 0 Å². The SMILES string of the molecule is CC(C)n1ccn(CC2(CBr)CC2)c1=O. The van der Waals surface area contributed by atoms with Gasteiger partial charge in [0.1, 0.15) is 0 Å². The highest BCUT2D eigenvalue weighted by Gasteiger charge is 2.42. The molecule has 0 amide bonds. The van der Waals surface area contributed by atoms with E-state index in [1.165, 1.54) is 12.8 Å².